The number of carbonyl (C=O) groups excluding carboxylic acids is 2. The van der Waals surface area contributed by atoms with Gasteiger partial charge in [0.05, 0.1) is 47.0 Å². The Balaban J connectivity index is 1.32. The molecule has 0 N–H and O–H groups in total. The molecule has 0 aliphatic heterocycles. The molecule has 4 heterocycles. The summed E-state index contributed by atoms with van der Waals surface area (Å²) in [4.78, 5) is 45.3. The molecule has 0 saturated carbocycles. The Labute approximate surface area is 351 Å². The summed E-state index contributed by atoms with van der Waals surface area (Å²) in [5.41, 5.74) is 3.63. The Bertz CT molecular complexity index is 2080. The summed E-state index contributed by atoms with van der Waals surface area (Å²) in [6, 6.07) is 1.86. The molecule has 0 aromatic carbocycles. The molecule has 4 aromatic heterocycles. The van der Waals surface area contributed by atoms with Gasteiger partial charge in [0.25, 0.3) is 0 Å². The van der Waals surface area contributed by atoms with Crippen LogP contribution >= 0.6 is 0 Å². The highest BCUT2D eigenvalue weighted by Crippen LogP contribution is 2.23. The molecule has 59 heavy (non-hydrogen) atoms. The lowest BCUT2D eigenvalue weighted by molar-refractivity contribution is -0.145. The lowest BCUT2D eigenvalue weighted by Crippen LogP contribution is -2.50. The third-order valence-electron chi connectivity index (χ3n) is 11.1. The number of sulfonamides is 2. The van der Waals surface area contributed by atoms with E-state index >= 15 is 0 Å². The third-order valence-corrected chi connectivity index (χ3v) is 14.9. The summed E-state index contributed by atoms with van der Waals surface area (Å²) in [7, 11) is -4.75. The third kappa shape index (κ3) is 12.7. The minimum Gasteiger partial charge on any atom is -0.360 e. The van der Waals surface area contributed by atoms with Gasteiger partial charge in [-0.15, -0.1) is 0 Å². The molecule has 2 unspecified atom stereocenters. The van der Waals surface area contributed by atoms with Crippen LogP contribution in [0.5, 0.6) is 0 Å². The molecule has 17 heteroatoms. The molecule has 0 spiro atoms. The maximum Gasteiger partial charge on any atom is 0.214 e. The molecule has 4 rings (SSSR count). The fourth-order valence-corrected chi connectivity index (χ4v) is 10.5. The largest absolute Gasteiger partial charge is 0.360 e. The predicted molar refractivity (Wildman–Crippen MR) is 232 cm³/mol. The molecular formula is C42H66N8O7S2. The van der Waals surface area contributed by atoms with Gasteiger partial charge in [0.15, 0.2) is 11.6 Å². The van der Waals surface area contributed by atoms with Crippen LogP contribution in [-0.2, 0) is 47.5 Å². The minimum absolute atomic E-state index is 0.00183. The van der Waals surface area contributed by atoms with E-state index in [4.69, 9.17) is 4.74 Å². The van der Waals surface area contributed by atoms with Crippen molar-refractivity contribution in [3.63, 3.8) is 0 Å². The zero-order valence-electron chi connectivity index (χ0n) is 36.7. The van der Waals surface area contributed by atoms with E-state index < -0.39 is 55.9 Å². The van der Waals surface area contributed by atoms with Gasteiger partial charge in [-0.2, -0.15) is 8.61 Å². The number of aryl methyl sites for hydroxylation is 4. The van der Waals surface area contributed by atoms with Crippen molar-refractivity contribution in [1.82, 2.24) is 37.7 Å². The zero-order chi connectivity index (χ0) is 43.7. The fourth-order valence-electron chi connectivity index (χ4n) is 7.67. The molecule has 0 radical (unpaired) electrons. The van der Waals surface area contributed by atoms with Crippen LogP contribution in [0.15, 0.2) is 36.9 Å². The van der Waals surface area contributed by atoms with Crippen molar-refractivity contribution in [3.8, 4) is 0 Å². The number of ether oxygens (including phenoxy) is 1. The quantitative estimate of drug-likeness (QED) is 0.0665. The lowest BCUT2D eigenvalue weighted by Gasteiger charge is -2.32. The number of hydrogen-bond acceptors (Lipinski definition) is 11. The highest BCUT2D eigenvalue weighted by Gasteiger charge is 2.38. The van der Waals surface area contributed by atoms with E-state index in [2.05, 4.69) is 29.1 Å². The number of ketones is 2. The van der Waals surface area contributed by atoms with Crippen molar-refractivity contribution in [3.05, 3.63) is 48.6 Å². The smallest absolute Gasteiger partial charge is 0.214 e. The Kier molecular flexibility index (Phi) is 17.3. The van der Waals surface area contributed by atoms with Gasteiger partial charge in [-0.1, -0.05) is 40.5 Å². The van der Waals surface area contributed by atoms with Gasteiger partial charge in [-0.3, -0.25) is 19.6 Å². The summed E-state index contributed by atoms with van der Waals surface area (Å²) in [5.74, 6) is 0.636. The number of hydrogen-bond donors (Lipinski definition) is 0. The van der Waals surface area contributed by atoms with E-state index in [0.29, 0.717) is 38.8 Å². The minimum atomic E-state index is -3.81. The Morgan fingerprint density at radius 1 is 0.627 bits per heavy atom. The van der Waals surface area contributed by atoms with Gasteiger partial charge in [0, 0.05) is 39.6 Å². The summed E-state index contributed by atoms with van der Waals surface area (Å²) in [5, 5.41) is 0. The van der Waals surface area contributed by atoms with Crippen molar-refractivity contribution in [2.24, 2.45) is 11.8 Å². The van der Waals surface area contributed by atoms with E-state index in [0.717, 1.165) is 46.6 Å². The van der Waals surface area contributed by atoms with Crippen LogP contribution in [0.2, 0.25) is 0 Å². The van der Waals surface area contributed by atoms with Crippen LogP contribution in [-0.4, -0.2) is 116 Å². The predicted octanol–water partition coefficient (Wildman–Crippen LogP) is 6.12. The van der Waals surface area contributed by atoms with Crippen LogP contribution < -0.4 is 0 Å². The number of unbranched alkanes of at least 4 members (excludes halogenated alkanes) is 4. The first-order valence-electron chi connectivity index (χ1n) is 20.9. The molecule has 328 valence electrons. The van der Waals surface area contributed by atoms with Crippen LogP contribution in [0.4, 0.5) is 0 Å². The number of fused-ring (bicyclic) bond motifs is 2. The first-order chi connectivity index (χ1) is 27.7. The van der Waals surface area contributed by atoms with Gasteiger partial charge in [-0.25, -0.2) is 26.8 Å². The van der Waals surface area contributed by atoms with E-state index in [1.165, 1.54) is 36.6 Å². The second-order valence-corrected chi connectivity index (χ2v) is 20.9. The fraction of sp³-hybridized carbons (Fsp3) is 0.667. The number of imidazole rings is 2. The van der Waals surface area contributed by atoms with Crippen molar-refractivity contribution < 1.29 is 31.2 Å². The first-order valence-corrected chi connectivity index (χ1v) is 24.1. The topological polar surface area (TPSA) is 180 Å². The second kappa shape index (κ2) is 21.2. The number of aromatic nitrogens is 6. The van der Waals surface area contributed by atoms with Crippen molar-refractivity contribution in [2.75, 3.05) is 25.6 Å². The van der Waals surface area contributed by atoms with Gasteiger partial charge in [0.2, 0.25) is 20.0 Å². The van der Waals surface area contributed by atoms with E-state index in [1.54, 1.807) is 24.8 Å². The first kappa shape index (κ1) is 48.0. The second-order valence-electron chi connectivity index (χ2n) is 16.7. The van der Waals surface area contributed by atoms with Crippen LogP contribution in [0, 0.1) is 25.7 Å². The van der Waals surface area contributed by atoms with Crippen molar-refractivity contribution >= 4 is 53.7 Å². The van der Waals surface area contributed by atoms with Crippen molar-refractivity contribution in [2.45, 2.75) is 144 Å². The molecule has 0 aliphatic carbocycles. The van der Waals surface area contributed by atoms with Gasteiger partial charge >= 0.3 is 0 Å². The van der Waals surface area contributed by atoms with Gasteiger partial charge < -0.3 is 13.9 Å². The molecule has 4 atom stereocenters. The molecule has 0 amide bonds. The standard InChI is InChI=1S/C42H66N8O7S2/c1-29(2)25-39(47(9)58(53,54)23-15-11-13-21-49-33(7)45-35-27-43-19-17-37(35)49)41(51)31(5)57-32(6)42(52)40(26-30(3)4)48(10)59(55,56)24-16-12-14-22-50-34(8)46-36-28-44-20-18-38(36)50/h17-20,27-32,39-40H,11-16,21-26H2,1-10H3/t31?,32?,39-,40-/m0/s1. The highest BCUT2D eigenvalue weighted by molar-refractivity contribution is 7.89. The average molecular weight is 859 g/mol. The zero-order valence-corrected chi connectivity index (χ0v) is 38.3. The van der Waals surface area contributed by atoms with E-state index in [1.807, 2.05) is 53.7 Å². The molecule has 0 aliphatic rings. The van der Waals surface area contributed by atoms with Gasteiger partial charge in [-0.05, 0) is 90.2 Å². The number of nitrogens with zero attached hydrogens (tertiary/aromatic N) is 8. The summed E-state index contributed by atoms with van der Waals surface area (Å²) in [6.07, 6.45) is 8.94. The average Bonchev–Trinajstić information content (AvgIpc) is 3.68. The Hall–Kier alpha value is -3.64. The molecule has 15 nitrogen and oxygen atoms in total. The summed E-state index contributed by atoms with van der Waals surface area (Å²) < 4.78 is 67.0. The summed E-state index contributed by atoms with van der Waals surface area (Å²) >= 11 is 0. The van der Waals surface area contributed by atoms with E-state index in [9.17, 15) is 26.4 Å². The van der Waals surface area contributed by atoms with Crippen molar-refractivity contribution in [1.29, 1.82) is 0 Å². The Morgan fingerprint density at radius 2 is 1.00 bits per heavy atom. The lowest BCUT2D eigenvalue weighted by atomic mass is 9.96. The number of Topliss-reactive ketones (excluding diaryl/α,β-unsaturated/α-hetero) is 2. The van der Waals surface area contributed by atoms with Gasteiger partial charge in [0.1, 0.15) is 34.9 Å². The maximum absolute atomic E-state index is 14.0. The summed E-state index contributed by atoms with van der Waals surface area (Å²) in [6.45, 7) is 16.0. The Morgan fingerprint density at radius 3 is 1.36 bits per heavy atom. The van der Waals surface area contributed by atoms with Crippen LogP contribution in [0.3, 0.4) is 0 Å². The number of likely N-dealkylation sites (N-methyl/N-ethyl adjacent to an activating group) is 2. The number of pyridine rings is 2. The highest BCUT2D eigenvalue weighted by atomic mass is 32.2. The van der Waals surface area contributed by atoms with Crippen LogP contribution in [0.25, 0.3) is 22.1 Å². The molecule has 0 fully saturated rings. The molecule has 0 saturated heterocycles. The number of rotatable bonds is 26. The monoisotopic (exact) mass is 858 g/mol. The molecular weight excluding hydrogens is 793 g/mol. The SMILES string of the molecule is Cc1nc2cnccc2n1CCCCCS(=O)(=O)N(C)[C@@H](CC(C)C)C(=O)C(C)OC(C)C(=O)[C@H](CC(C)C)N(C)S(=O)(=O)CCCCCn1c(C)nc2cnccc21. The molecule has 4 aromatic rings. The normalized spacial score (nSPS) is 14.9. The van der Waals surface area contributed by atoms with Crippen LogP contribution in [0.1, 0.15) is 105 Å². The number of carbonyl (C=O) groups is 2. The maximum atomic E-state index is 14.0. The molecule has 0 bridgehead atoms. The van der Waals surface area contributed by atoms with E-state index in [-0.39, 0.29) is 36.2 Å².